The van der Waals surface area contributed by atoms with E-state index in [1.807, 2.05) is 42.5 Å². The summed E-state index contributed by atoms with van der Waals surface area (Å²) in [6.45, 7) is 8.64. The van der Waals surface area contributed by atoms with Crippen molar-refractivity contribution in [2.24, 2.45) is 21.3 Å². The SMILES string of the molecule is CC1C=C(N=C=O)C=CC1(C)Cc1cc(C(C)(C)c2ccc(N=C=O)cc2)ccc1N. The minimum atomic E-state index is -0.257. The highest BCUT2D eigenvalue weighted by Crippen LogP contribution is 2.41. The van der Waals surface area contributed by atoms with Gasteiger partial charge in [-0.25, -0.2) is 9.59 Å². The Morgan fingerprint density at radius 3 is 2.29 bits per heavy atom. The van der Waals surface area contributed by atoms with Crippen LogP contribution < -0.4 is 5.73 Å². The Kier molecular flexibility index (Phi) is 6.21. The molecule has 5 heteroatoms. The summed E-state index contributed by atoms with van der Waals surface area (Å²) in [5.74, 6) is 0.187. The number of aliphatic imine (C=N–C) groups is 2. The zero-order valence-corrected chi connectivity index (χ0v) is 18.3. The van der Waals surface area contributed by atoms with Gasteiger partial charge in [0.15, 0.2) is 0 Å². The molecule has 5 nitrogen and oxygen atoms in total. The molecule has 0 aromatic heterocycles. The third-order valence-electron chi connectivity index (χ3n) is 6.47. The third kappa shape index (κ3) is 4.64. The van der Waals surface area contributed by atoms with Gasteiger partial charge < -0.3 is 5.73 Å². The second-order valence-electron chi connectivity index (χ2n) is 8.89. The zero-order chi connectivity index (χ0) is 22.6. The van der Waals surface area contributed by atoms with Crippen LogP contribution in [-0.2, 0) is 21.4 Å². The molecule has 2 atom stereocenters. The van der Waals surface area contributed by atoms with Crippen LogP contribution in [0.4, 0.5) is 11.4 Å². The molecule has 2 N–H and O–H groups in total. The maximum absolute atomic E-state index is 10.6. The number of rotatable bonds is 6. The molecule has 31 heavy (non-hydrogen) atoms. The standard InChI is InChI=1S/C26H27N3O2/c1-18-13-23(29-17-31)11-12-26(18,4)15-19-14-21(7-10-24(19)27)25(2,3)20-5-8-22(9-6-20)28-16-30/h5-14,18H,15,27H2,1-4H3. The van der Waals surface area contributed by atoms with Crippen LogP contribution in [0.25, 0.3) is 0 Å². The average Bonchev–Trinajstić information content (AvgIpc) is 2.73. The zero-order valence-electron chi connectivity index (χ0n) is 18.3. The van der Waals surface area contributed by atoms with Crippen molar-refractivity contribution in [3.8, 4) is 0 Å². The number of nitrogens with zero attached hydrogens (tertiary/aromatic N) is 2. The van der Waals surface area contributed by atoms with E-state index in [-0.39, 0.29) is 16.7 Å². The molecule has 0 saturated heterocycles. The molecule has 0 fully saturated rings. The fraction of sp³-hybridized carbons (Fsp3) is 0.308. The van der Waals surface area contributed by atoms with E-state index in [0.29, 0.717) is 11.4 Å². The Hall–Kier alpha value is -3.52. The topological polar surface area (TPSA) is 84.9 Å². The molecular formula is C26H27N3O2. The molecule has 1 aliphatic carbocycles. The Bertz CT molecular complexity index is 1130. The van der Waals surface area contributed by atoms with Crippen LogP contribution in [-0.4, -0.2) is 12.2 Å². The number of hydrogen-bond acceptors (Lipinski definition) is 5. The first-order valence-electron chi connectivity index (χ1n) is 10.3. The molecule has 3 rings (SSSR count). The van der Waals surface area contributed by atoms with Crippen LogP contribution in [0.2, 0.25) is 0 Å². The van der Waals surface area contributed by atoms with Gasteiger partial charge in [-0.3, -0.25) is 0 Å². The molecule has 0 amide bonds. The highest BCUT2D eigenvalue weighted by molar-refractivity contribution is 5.54. The summed E-state index contributed by atoms with van der Waals surface area (Å²) in [4.78, 5) is 28.4. The highest BCUT2D eigenvalue weighted by Gasteiger charge is 2.32. The number of benzene rings is 2. The summed E-state index contributed by atoms with van der Waals surface area (Å²) >= 11 is 0. The number of hydrogen-bond donors (Lipinski definition) is 1. The average molecular weight is 414 g/mol. The van der Waals surface area contributed by atoms with Crippen molar-refractivity contribution in [2.75, 3.05) is 5.73 Å². The van der Waals surface area contributed by atoms with Crippen LogP contribution in [0.1, 0.15) is 44.4 Å². The molecule has 0 heterocycles. The van der Waals surface area contributed by atoms with E-state index in [4.69, 9.17) is 5.73 Å². The van der Waals surface area contributed by atoms with Gasteiger partial charge in [-0.2, -0.15) is 9.98 Å². The first-order valence-corrected chi connectivity index (χ1v) is 10.3. The Balaban J connectivity index is 1.92. The minimum Gasteiger partial charge on any atom is -0.399 e. The first kappa shape index (κ1) is 22.2. The maximum Gasteiger partial charge on any atom is 0.240 e. The van der Waals surface area contributed by atoms with Gasteiger partial charge >= 0.3 is 0 Å². The number of nitrogen functional groups attached to an aromatic ring is 1. The van der Waals surface area contributed by atoms with Crippen LogP contribution in [0.3, 0.4) is 0 Å². The smallest absolute Gasteiger partial charge is 0.240 e. The molecule has 2 aromatic carbocycles. The van der Waals surface area contributed by atoms with Crippen molar-refractivity contribution >= 4 is 23.5 Å². The Labute approximate surface area is 183 Å². The summed E-state index contributed by atoms with van der Waals surface area (Å²) in [7, 11) is 0. The first-order chi connectivity index (χ1) is 14.7. The molecule has 1 aliphatic rings. The normalized spacial score (nSPS) is 20.4. The number of allylic oxidation sites excluding steroid dienone is 3. The Morgan fingerprint density at radius 2 is 1.68 bits per heavy atom. The number of anilines is 1. The van der Waals surface area contributed by atoms with Crippen molar-refractivity contribution < 1.29 is 9.59 Å². The van der Waals surface area contributed by atoms with Gasteiger partial charge in [0.2, 0.25) is 12.2 Å². The quantitative estimate of drug-likeness (QED) is 0.383. The van der Waals surface area contributed by atoms with Gasteiger partial charge in [0.05, 0.1) is 11.4 Å². The number of nitrogens with two attached hydrogens (primary N) is 1. The third-order valence-corrected chi connectivity index (χ3v) is 6.47. The molecule has 0 radical (unpaired) electrons. The highest BCUT2D eigenvalue weighted by atomic mass is 16.1. The molecule has 0 bridgehead atoms. The lowest BCUT2D eigenvalue weighted by atomic mass is 9.70. The lowest BCUT2D eigenvalue weighted by molar-refractivity contribution is 0.321. The minimum absolute atomic E-state index is 0.146. The van der Waals surface area contributed by atoms with E-state index in [1.165, 1.54) is 0 Å². The van der Waals surface area contributed by atoms with Gasteiger partial charge in [-0.1, -0.05) is 64.1 Å². The fourth-order valence-electron chi connectivity index (χ4n) is 4.01. The van der Waals surface area contributed by atoms with E-state index >= 15 is 0 Å². The monoisotopic (exact) mass is 413 g/mol. The van der Waals surface area contributed by atoms with Crippen molar-refractivity contribution in [1.82, 2.24) is 0 Å². The van der Waals surface area contributed by atoms with Crippen molar-refractivity contribution in [3.05, 3.63) is 83.1 Å². The molecule has 0 saturated carbocycles. The van der Waals surface area contributed by atoms with Gasteiger partial charge in [0.25, 0.3) is 0 Å². The molecule has 2 unspecified atom stereocenters. The van der Waals surface area contributed by atoms with Crippen molar-refractivity contribution in [2.45, 2.75) is 39.5 Å². The summed E-state index contributed by atoms with van der Waals surface area (Å²) in [5, 5.41) is 0. The van der Waals surface area contributed by atoms with Crippen molar-refractivity contribution in [3.63, 3.8) is 0 Å². The van der Waals surface area contributed by atoms with E-state index in [0.717, 1.165) is 28.8 Å². The second kappa shape index (κ2) is 8.69. The number of isocyanates is 2. The van der Waals surface area contributed by atoms with Gasteiger partial charge in [-0.05, 0) is 58.7 Å². The van der Waals surface area contributed by atoms with E-state index in [1.54, 1.807) is 12.2 Å². The summed E-state index contributed by atoms with van der Waals surface area (Å²) < 4.78 is 0. The molecule has 158 valence electrons. The summed E-state index contributed by atoms with van der Waals surface area (Å²) in [6.07, 6.45) is 9.92. The van der Waals surface area contributed by atoms with E-state index in [9.17, 15) is 9.59 Å². The van der Waals surface area contributed by atoms with Crippen LogP contribution >= 0.6 is 0 Å². The van der Waals surface area contributed by atoms with Crippen LogP contribution in [0.15, 0.2) is 76.4 Å². The van der Waals surface area contributed by atoms with Crippen LogP contribution in [0.5, 0.6) is 0 Å². The molecular weight excluding hydrogens is 386 g/mol. The Morgan fingerprint density at radius 1 is 1.03 bits per heavy atom. The predicted octanol–water partition coefficient (Wildman–Crippen LogP) is 5.54. The van der Waals surface area contributed by atoms with Crippen molar-refractivity contribution in [1.29, 1.82) is 0 Å². The lowest BCUT2D eigenvalue weighted by Crippen LogP contribution is -2.27. The summed E-state index contributed by atoms with van der Waals surface area (Å²) in [5.41, 5.74) is 11.3. The van der Waals surface area contributed by atoms with Crippen LogP contribution in [0, 0.1) is 11.3 Å². The van der Waals surface area contributed by atoms with Gasteiger partial charge in [0, 0.05) is 11.1 Å². The fourth-order valence-corrected chi connectivity index (χ4v) is 4.01. The van der Waals surface area contributed by atoms with Gasteiger partial charge in [-0.15, -0.1) is 0 Å². The number of carbonyl (C=O) groups excluding carboxylic acids is 2. The largest absolute Gasteiger partial charge is 0.399 e. The van der Waals surface area contributed by atoms with E-state index < -0.39 is 0 Å². The maximum atomic E-state index is 10.6. The van der Waals surface area contributed by atoms with Gasteiger partial charge in [0.1, 0.15) is 0 Å². The molecule has 2 aromatic rings. The molecule has 0 spiro atoms. The summed E-state index contributed by atoms with van der Waals surface area (Å²) in [6, 6.07) is 13.8. The second-order valence-corrected chi connectivity index (χ2v) is 8.89. The molecule has 0 aliphatic heterocycles. The predicted molar refractivity (Wildman–Crippen MR) is 124 cm³/mol. The van der Waals surface area contributed by atoms with E-state index in [2.05, 4.69) is 55.9 Å². The lowest BCUT2D eigenvalue weighted by Gasteiger charge is -2.35.